The molecule has 0 fully saturated rings. The molecule has 104 valence electrons. The van der Waals surface area contributed by atoms with Crippen molar-refractivity contribution in [3.8, 4) is 0 Å². The van der Waals surface area contributed by atoms with Gasteiger partial charge < -0.3 is 9.73 Å². The molecule has 4 nitrogen and oxygen atoms in total. The molecule has 5 heteroatoms. The molecule has 0 spiro atoms. The maximum absolute atomic E-state index is 6.02. The number of benzene rings is 1. The molecule has 1 aromatic carbocycles. The molecule has 1 unspecified atom stereocenters. The van der Waals surface area contributed by atoms with Crippen LogP contribution in [0.5, 0.6) is 0 Å². The Morgan fingerprint density at radius 1 is 1.35 bits per heavy atom. The Morgan fingerprint density at radius 3 is 2.80 bits per heavy atom. The largest absolute Gasteiger partial charge is 0.459 e. The van der Waals surface area contributed by atoms with Crippen LogP contribution < -0.4 is 5.32 Å². The Balaban J connectivity index is 2.09. The molecule has 0 radical (unpaired) electrons. The van der Waals surface area contributed by atoms with Crippen LogP contribution in [0.1, 0.15) is 23.1 Å². The predicted molar refractivity (Wildman–Crippen MR) is 80.1 cm³/mol. The maximum atomic E-state index is 6.02. The van der Waals surface area contributed by atoms with Gasteiger partial charge in [0.05, 0.1) is 11.7 Å². The number of furan rings is 1. The molecular weight excluding hydrogens is 274 g/mol. The van der Waals surface area contributed by atoms with E-state index in [0.29, 0.717) is 5.02 Å². The second-order valence-corrected chi connectivity index (χ2v) is 5.33. The normalized spacial score (nSPS) is 13.0. The van der Waals surface area contributed by atoms with E-state index in [2.05, 4.69) is 10.4 Å². The van der Waals surface area contributed by atoms with Crippen molar-refractivity contribution in [3.63, 3.8) is 0 Å². The molecule has 1 atom stereocenters. The number of nitrogens with zero attached hydrogens (tertiary/aromatic N) is 2. The van der Waals surface area contributed by atoms with Crippen molar-refractivity contribution in [2.24, 2.45) is 7.05 Å². The number of hydrogen-bond acceptors (Lipinski definition) is 3. The minimum atomic E-state index is -0.0186. The van der Waals surface area contributed by atoms with Crippen molar-refractivity contribution >= 4 is 22.6 Å². The van der Waals surface area contributed by atoms with Gasteiger partial charge in [0, 0.05) is 29.2 Å². The number of rotatable bonds is 3. The van der Waals surface area contributed by atoms with Gasteiger partial charge in [-0.15, -0.1) is 0 Å². The highest BCUT2D eigenvalue weighted by atomic mass is 35.5. The summed E-state index contributed by atoms with van der Waals surface area (Å²) in [5.74, 6) is 0.862. The summed E-state index contributed by atoms with van der Waals surface area (Å²) in [5, 5.41) is 9.39. The SMILES string of the molecule is CNC(c1cc2cc(Cl)ccc2o1)c1cn(C)nc1C. The Bertz CT molecular complexity index is 760. The molecule has 2 heterocycles. The standard InChI is InChI=1S/C15H16ClN3O/c1-9-12(8-19(3)18-9)15(17-2)14-7-10-6-11(16)4-5-13(10)20-14/h4-8,15,17H,1-3H3. The summed E-state index contributed by atoms with van der Waals surface area (Å²) in [7, 11) is 3.83. The van der Waals surface area contributed by atoms with Gasteiger partial charge in [-0.2, -0.15) is 5.10 Å². The second-order valence-electron chi connectivity index (χ2n) is 4.90. The lowest BCUT2D eigenvalue weighted by Crippen LogP contribution is -2.17. The predicted octanol–water partition coefficient (Wildman–Crippen LogP) is 3.44. The first-order chi connectivity index (χ1) is 9.58. The van der Waals surface area contributed by atoms with Gasteiger partial charge in [-0.25, -0.2) is 0 Å². The van der Waals surface area contributed by atoms with E-state index in [9.17, 15) is 0 Å². The molecular formula is C15H16ClN3O. The Morgan fingerprint density at radius 2 is 2.15 bits per heavy atom. The fourth-order valence-corrected chi connectivity index (χ4v) is 2.71. The molecule has 3 rings (SSSR count). The van der Waals surface area contributed by atoms with E-state index in [-0.39, 0.29) is 6.04 Å². The quantitative estimate of drug-likeness (QED) is 0.803. The van der Waals surface area contributed by atoms with E-state index in [1.54, 1.807) is 0 Å². The van der Waals surface area contributed by atoms with Crippen LogP contribution in [-0.2, 0) is 7.05 Å². The molecule has 0 amide bonds. The fourth-order valence-electron chi connectivity index (χ4n) is 2.53. The van der Waals surface area contributed by atoms with Crippen molar-refractivity contribution in [1.29, 1.82) is 0 Å². The number of aryl methyl sites for hydroxylation is 2. The molecule has 0 saturated heterocycles. The third kappa shape index (κ3) is 2.21. The first-order valence-electron chi connectivity index (χ1n) is 6.45. The van der Waals surface area contributed by atoms with Gasteiger partial charge in [0.15, 0.2) is 0 Å². The van der Waals surface area contributed by atoms with Crippen molar-refractivity contribution < 1.29 is 4.42 Å². The van der Waals surface area contributed by atoms with Crippen LogP contribution in [0.2, 0.25) is 5.02 Å². The number of fused-ring (bicyclic) bond motifs is 1. The van der Waals surface area contributed by atoms with Gasteiger partial charge in [-0.05, 0) is 38.2 Å². The third-order valence-electron chi connectivity index (χ3n) is 3.43. The summed E-state index contributed by atoms with van der Waals surface area (Å²) in [5.41, 5.74) is 2.94. The summed E-state index contributed by atoms with van der Waals surface area (Å²) in [6, 6.07) is 7.64. The lowest BCUT2D eigenvalue weighted by molar-refractivity contribution is 0.490. The van der Waals surface area contributed by atoms with E-state index in [0.717, 1.165) is 28.0 Å². The molecule has 0 aliphatic carbocycles. The lowest BCUT2D eigenvalue weighted by atomic mass is 10.1. The zero-order valence-electron chi connectivity index (χ0n) is 11.6. The minimum Gasteiger partial charge on any atom is -0.459 e. The van der Waals surface area contributed by atoms with Gasteiger partial charge in [0.1, 0.15) is 11.3 Å². The fraction of sp³-hybridized carbons (Fsp3) is 0.267. The molecule has 2 aromatic heterocycles. The Labute approximate surface area is 122 Å². The van der Waals surface area contributed by atoms with Gasteiger partial charge in [0.2, 0.25) is 0 Å². The zero-order chi connectivity index (χ0) is 14.3. The molecule has 3 aromatic rings. The van der Waals surface area contributed by atoms with E-state index in [4.69, 9.17) is 16.0 Å². The van der Waals surface area contributed by atoms with Crippen molar-refractivity contribution in [2.45, 2.75) is 13.0 Å². The van der Waals surface area contributed by atoms with E-state index >= 15 is 0 Å². The highest BCUT2D eigenvalue weighted by Crippen LogP contribution is 2.30. The van der Waals surface area contributed by atoms with E-state index in [1.807, 2.05) is 56.2 Å². The average Bonchev–Trinajstić information content (AvgIpc) is 2.94. The molecule has 0 saturated carbocycles. The van der Waals surface area contributed by atoms with Crippen LogP contribution >= 0.6 is 11.6 Å². The van der Waals surface area contributed by atoms with Gasteiger partial charge in [-0.3, -0.25) is 4.68 Å². The molecule has 0 bridgehead atoms. The van der Waals surface area contributed by atoms with Crippen molar-refractivity contribution in [2.75, 3.05) is 7.05 Å². The van der Waals surface area contributed by atoms with Crippen LogP contribution in [0.25, 0.3) is 11.0 Å². The summed E-state index contributed by atoms with van der Waals surface area (Å²) in [6.07, 6.45) is 2.01. The maximum Gasteiger partial charge on any atom is 0.134 e. The van der Waals surface area contributed by atoms with Crippen LogP contribution in [0, 0.1) is 6.92 Å². The highest BCUT2D eigenvalue weighted by Gasteiger charge is 2.20. The van der Waals surface area contributed by atoms with Crippen LogP contribution in [0.3, 0.4) is 0 Å². The summed E-state index contributed by atoms with van der Waals surface area (Å²) >= 11 is 6.02. The topological polar surface area (TPSA) is 43.0 Å². The number of hydrogen-bond donors (Lipinski definition) is 1. The van der Waals surface area contributed by atoms with E-state index in [1.165, 1.54) is 0 Å². The van der Waals surface area contributed by atoms with Crippen LogP contribution in [-0.4, -0.2) is 16.8 Å². The third-order valence-corrected chi connectivity index (χ3v) is 3.67. The average molecular weight is 290 g/mol. The molecule has 20 heavy (non-hydrogen) atoms. The molecule has 0 aliphatic rings. The summed E-state index contributed by atoms with van der Waals surface area (Å²) in [6.45, 7) is 2.00. The van der Waals surface area contributed by atoms with Gasteiger partial charge in [0.25, 0.3) is 0 Å². The number of aromatic nitrogens is 2. The smallest absolute Gasteiger partial charge is 0.134 e. The molecule has 1 N–H and O–H groups in total. The minimum absolute atomic E-state index is 0.0186. The van der Waals surface area contributed by atoms with Crippen molar-refractivity contribution in [1.82, 2.24) is 15.1 Å². The number of nitrogens with one attached hydrogen (secondary N) is 1. The Hall–Kier alpha value is -1.78. The molecule has 0 aliphatic heterocycles. The summed E-state index contributed by atoms with van der Waals surface area (Å²) in [4.78, 5) is 0. The first-order valence-corrected chi connectivity index (χ1v) is 6.82. The number of halogens is 1. The van der Waals surface area contributed by atoms with Gasteiger partial charge in [-0.1, -0.05) is 11.6 Å². The van der Waals surface area contributed by atoms with Gasteiger partial charge >= 0.3 is 0 Å². The van der Waals surface area contributed by atoms with Crippen LogP contribution in [0.4, 0.5) is 0 Å². The monoisotopic (exact) mass is 289 g/mol. The second kappa shape index (κ2) is 4.96. The zero-order valence-corrected chi connectivity index (χ0v) is 12.4. The Kier molecular flexibility index (Phi) is 3.28. The van der Waals surface area contributed by atoms with E-state index < -0.39 is 0 Å². The highest BCUT2D eigenvalue weighted by molar-refractivity contribution is 6.31. The summed E-state index contributed by atoms with van der Waals surface area (Å²) < 4.78 is 7.75. The first kappa shape index (κ1) is 13.2. The van der Waals surface area contributed by atoms with Crippen LogP contribution in [0.15, 0.2) is 34.9 Å². The van der Waals surface area contributed by atoms with Crippen molar-refractivity contribution in [3.05, 3.63) is 52.5 Å². The lowest BCUT2D eigenvalue weighted by Gasteiger charge is -2.12.